The van der Waals surface area contributed by atoms with Gasteiger partial charge in [-0.1, -0.05) is 48.5 Å². The van der Waals surface area contributed by atoms with E-state index in [-0.39, 0.29) is 23.9 Å². The maximum atomic E-state index is 13.2. The number of hydrogen-bond donors (Lipinski definition) is 3. The van der Waals surface area contributed by atoms with Crippen LogP contribution in [0.5, 0.6) is 0 Å². The molecule has 10 nitrogen and oxygen atoms in total. The Morgan fingerprint density at radius 2 is 1.63 bits per heavy atom. The molecule has 2 aliphatic heterocycles. The number of anilines is 1. The van der Waals surface area contributed by atoms with Crippen LogP contribution in [0.1, 0.15) is 21.5 Å². The van der Waals surface area contributed by atoms with Gasteiger partial charge in [0, 0.05) is 76.4 Å². The van der Waals surface area contributed by atoms with Crippen LogP contribution in [-0.2, 0) is 24.9 Å². The lowest BCUT2D eigenvalue weighted by Crippen LogP contribution is -2.44. The molecule has 1 amide bonds. The van der Waals surface area contributed by atoms with Crippen LogP contribution >= 0.6 is 0 Å². The molecule has 2 fully saturated rings. The average molecular weight is 581 g/mol. The minimum atomic E-state index is -0.267. The molecule has 224 valence electrons. The van der Waals surface area contributed by atoms with Crippen LogP contribution in [0.3, 0.4) is 0 Å². The normalized spacial score (nSPS) is 19.5. The molecule has 2 atom stereocenters. The molecular formula is C33H40N8O2. The van der Waals surface area contributed by atoms with Crippen molar-refractivity contribution in [2.45, 2.75) is 25.3 Å². The molecule has 0 bridgehead atoms. The lowest BCUT2D eigenvalue weighted by molar-refractivity contribution is 0.0358. The van der Waals surface area contributed by atoms with Gasteiger partial charge in [0.05, 0.1) is 30.5 Å². The standard InChI is InChI=1S/C33H40N8O2/c1-39-11-13-41(14-12-39)20-23-3-7-25(8-4-23)26-9-5-24(6-10-26)22-43-31-19-35-18-30(31)38-33(42)29-15-27(16-36-32(29)34)28-17-37-40(2)21-28/h3-10,15-17,21,30-31,35H,11-14,18-20,22H2,1-2H3,(H2,34,36)(H,38,42)/t30-,31-/m0/s1. The van der Waals surface area contributed by atoms with E-state index in [1.165, 1.54) is 16.7 Å². The predicted octanol–water partition coefficient (Wildman–Crippen LogP) is 2.77. The van der Waals surface area contributed by atoms with Crippen molar-refractivity contribution in [2.75, 3.05) is 52.0 Å². The number of rotatable bonds is 9. The summed E-state index contributed by atoms with van der Waals surface area (Å²) in [5, 5.41) is 10.6. The van der Waals surface area contributed by atoms with Crippen molar-refractivity contribution in [3.8, 4) is 22.3 Å². The monoisotopic (exact) mass is 580 g/mol. The van der Waals surface area contributed by atoms with E-state index in [9.17, 15) is 4.79 Å². The molecule has 10 heteroatoms. The Bertz CT molecular complexity index is 1530. The van der Waals surface area contributed by atoms with Crippen molar-refractivity contribution < 1.29 is 9.53 Å². The Labute approximate surface area is 252 Å². The SMILES string of the molecule is CN1CCN(Cc2ccc(-c3ccc(CO[C@H]4CNC[C@@H]4NC(=O)c4cc(-c5cnn(C)c5)cnc4N)cc3)cc2)CC1. The number of likely N-dealkylation sites (N-methyl/N-ethyl adjacent to an activating group) is 1. The van der Waals surface area contributed by atoms with E-state index in [1.54, 1.807) is 23.1 Å². The molecule has 4 N–H and O–H groups in total. The van der Waals surface area contributed by atoms with Crippen molar-refractivity contribution in [1.29, 1.82) is 0 Å². The molecule has 43 heavy (non-hydrogen) atoms. The van der Waals surface area contributed by atoms with Gasteiger partial charge in [-0.25, -0.2) is 4.98 Å². The number of aryl methyl sites for hydroxylation is 1. The number of aromatic nitrogens is 3. The first-order valence-electron chi connectivity index (χ1n) is 14.9. The minimum absolute atomic E-state index is 0.160. The lowest BCUT2D eigenvalue weighted by Gasteiger charge is -2.32. The summed E-state index contributed by atoms with van der Waals surface area (Å²) < 4.78 is 7.97. The van der Waals surface area contributed by atoms with Crippen molar-refractivity contribution in [2.24, 2.45) is 7.05 Å². The second-order valence-electron chi connectivity index (χ2n) is 11.6. The maximum absolute atomic E-state index is 13.2. The first-order valence-corrected chi connectivity index (χ1v) is 14.9. The Kier molecular flexibility index (Phi) is 8.80. The summed E-state index contributed by atoms with van der Waals surface area (Å²) in [7, 11) is 4.03. The Morgan fingerprint density at radius 1 is 0.930 bits per heavy atom. The fourth-order valence-corrected chi connectivity index (χ4v) is 5.67. The quantitative estimate of drug-likeness (QED) is 0.277. The van der Waals surface area contributed by atoms with E-state index in [1.807, 2.05) is 13.2 Å². The number of nitrogen functional groups attached to an aromatic ring is 1. The van der Waals surface area contributed by atoms with Crippen LogP contribution in [0.2, 0.25) is 0 Å². The van der Waals surface area contributed by atoms with E-state index < -0.39 is 0 Å². The third kappa shape index (κ3) is 7.11. The predicted molar refractivity (Wildman–Crippen MR) is 168 cm³/mol. The number of nitrogens with one attached hydrogen (secondary N) is 2. The van der Waals surface area contributed by atoms with Gasteiger partial charge >= 0.3 is 0 Å². The van der Waals surface area contributed by atoms with Crippen LogP contribution in [0.25, 0.3) is 22.3 Å². The zero-order valence-electron chi connectivity index (χ0n) is 24.9. The zero-order valence-corrected chi connectivity index (χ0v) is 24.9. The first kappa shape index (κ1) is 29.0. The topological polar surface area (TPSA) is 114 Å². The summed E-state index contributed by atoms with van der Waals surface area (Å²) >= 11 is 0. The minimum Gasteiger partial charge on any atom is -0.383 e. The number of nitrogens with two attached hydrogens (primary N) is 1. The van der Waals surface area contributed by atoms with Gasteiger partial charge in [0.2, 0.25) is 0 Å². The molecule has 2 saturated heterocycles. The van der Waals surface area contributed by atoms with Crippen LogP contribution in [0.15, 0.2) is 73.2 Å². The Hall–Kier alpha value is -4.09. The summed E-state index contributed by atoms with van der Waals surface area (Å²) in [6.07, 6.45) is 5.10. The molecule has 0 unspecified atom stereocenters. The molecule has 2 aromatic carbocycles. The summed E-state index contributed by atoms with van der Waals surface area (Å²) in [5.41, 5.74) is 12.9. The molecule has 4 aromatic rings. The molecule has 0 saturated carbocycles. The van der Waals surface area contributed by atoms with E-state index in [2.05, 4.69) is 86.1 Å². The Morgan fingerprint density at radius 3 is 2.30 bits per heavy atom. The number of amides is 1. The van der Waals surface area contributed by atoms with Gasteiger partial charge in [0.25, 0.3) is 5.91 Å². The number of pyridine rings is 1. The third-order valence-electron chi connectivity index (χ3n) is 8.38. The first-order chi connectivity index (χ1) is 20.9. The number of carbonyl (C=O) groups is 1. The summed E-state index contributed by atoms with van der Waals surface area (Å²) in [6.45, 7) is 7.26. The Balaban J connectivity index is 1.02. The van der Waals surface area contributed by atoms with Gasteiger partial charge in [-0.05, 0) is 35.4 Å². The molecule has 6 rings (SSSR count). The van der Waals surface area contributed by atoms with Gasteiger partial charge in [0.15, 0.2) is 0 Å². The number of carbonyl (C=O) groups excluding carboxylic acids is 1. The second-order valence-corrected chi connectivity index (χ2v) is 11.6. The van der Waals surface area contributed by atoms with Crippen molar-refractivity contribution in [3.05, 3.63) is 89.9 Å². The molecule has 4 heterocycles. The number of hydrogen-bond acceptors (Lipinski definition) is 8. The zero-order chi connectivity index (χ0) is 29.8. The van der Waals surface area contributed by atoms with Crippen LogP contribution in [0.4, 0.5) is 5.82 Å². The highest BCUT2D eigenvalue weighted by Crippen LogP contribution is 2.23. The summed E-state index contributed by atoms with van der Waals surface area (Å²) in [4.78, 5) is 22.3. The summed E-state index contributed by atoms with van der Waals surface area (Å²) in [6, 6.07) is 19.0. The average Bonchev–Trinajstić information content (AvgIpc) is 3.66. The number of benzene rings is 2. The van der Waals surface area contributed by atoms with Crippen molar-refractivity contribution in [1.82, 2.24) is 35.2 Å². The van der Waals surface area contributed by atoms with E-state index in [0.717, 1.165) is 49.4 Å². The van der Waals surface area contributed by atoms with Crippen molar-refractivity contribution >= 4 is 11.7 Å². The van der Waals surface area contributed by atoms with Crippen LogP contribution < -0.4 is 16.4 Å². The largest absolute Gasteiger partial charge is 0.383 e. The molecule has 2 aromatic heterocycles. The lowest BCUT2D eigenvalue weighted by atomic mass is 10.0. The maximum Gasteiger partial charge on any atom is 0.255 e. The van der Waals surface area contributed by atoms with Gasteiger partial charge in [-0.15, -0.1) is 0 Å². The van der Waals surface area contributed by atoms with Crippen LogP contribution in [-0.4, -0.2) is 88.9 Å². The van der Waals surface area contributed by atoms with Gasteiger partial charge in [0.1, 0.15) is 5.82 Å². The highest BCUT2D eigenvalue weighted by Gasteiger charge is 2.30. The van der Waals surface area contributed by atoms with E-state index >= 15 is 0 Å². The van der Waals surface area contributed by atoms with E-state index in [0.29, 0.717) is 25.3 Å². The number of nitrogens with zero attached hydrogens (tertiary/aromatic N) is 5. The van der Waals surface area contributed by atoms with Crippen LogP contribution in [0, 0.1) is 0 Å². The molecule has 2 aliphatic rings. The molecule has 0 radical (unpaired) electrons. The van der Waals surface area contributed by atoms with Gasteiger partial charge < -0.3 is 26.0 Å². The van der Waals surface area contributed by atoms with Gasteiger partial charge in [-0.3, -0.25) is 14.4 Å². The highest BCUT2D eigenvalue weighted by atomic mass is 16.5. The van der Waals surface area contributed by atoms with Gasteiger partial charge in [-0.2, -0.15) is 5.10 Å². The molecular weight excluding hydrogens is 540 g/mol. The smallest absolute Gasteiger partial charge is 0.255 e. The number of ether oxygens (including phenoxy) is 1. The molecule has 0 aliphatic carbocycles. The van der Waals surface area contributed by atoms with Crippen molar-refractivity contribution in [3.63, 3.8) is 0 Å². The fraction of sp³-hybridized carbons (Fsp3) is 0.364. The number of piperazine rings is 1. The third-order valence-corrected chi connectivity index (χ3v) is 8.38. The summed E-state index contributed by atoms with van der Waals surface area (Å²) in [5.74, 6) is -0.0738. The molecule has 0 spiro atoms. The second kappa shape index (κ2) is 13.0. The highest BCUT2D eigenvalue weighted by molar-refractivity contribution is 5.99. The fourth-order valence-electron chi connectivity index (χ4n) is 5.67. The van der Waals surface area contributed by atoms with E-state index in [4.69, 9.17) is 10.5 Å².